The van der Waals surface area contributed by atoms with Crippen LogP contribution in [0.5, 0.6) is 0 Å². The number of benzene rings is 2. The molecule has 0 radical (unpaired) electrons. The van der Waals surface area contributed by atoms with Gasteiger partial charge in [0.2, 0.25) is 0 Å². The minimum atomic E-state index is -0.149. The van der Waals surface area contributed by atoms with Gasteiger partial charge in [0.15, 0.2) is 13.1 Å². The van der Waals surface area contributed by atoms with Crippen molar-refractivity contribution in [3.8, 4) is 0 Å². The summed E-state index contributed by atoms with van der Waals surface area (Å²) in [6.45, 7) is 2.37. The fourth-order valence-corrected chi connectivity index (χ4v) is 2.59. The number of rotatable bonds is 7. The SMILES string of the molecule is C[C@H](NC(=O)C[NH+](C)CC(=O)Nc1ccc(Cl)cc1)c1ccccc1. The maximum absolute atomic E-state index is 12.1. The first-order chi connectivity index (χ1) is 11.9. The van der Waals surface area contributed by atoms with Crippen LogP contribution in [0.4, 0.5) is 5.69 Å². The van der Waals surface area contributed by atoms with E-state index in [2.05, 4.69) is 10.6 Å². The minimum absolute atomic E-state index is 0.0654. The molecule has 132 valence electrons. The Balaban J connectivity index is 1.76. The van der Waals surface area contributed by atoms with Crippen LogP contribution in [-0.4, -0.2) is 32.0 Å². The molecule has 0 aliphatic heterocycles. The maximum atomic E-state index is 12.1. The molecule has 0 saturated carbocycles. The van der Waals surface area contributed by atoms with E-state index in [4.69, 9.17) is 11.6 Å². The van der Waals surface area contributed by atoms with Crippen molar-refractivity contribution < 1.29 is 14.5 Å². The van der Waals surface area contributed by atoms with Crippen LogP contribution in [-0.2, 0) is 9.59 Å². The Morgan fingerprint density at radius 3 is 2.24 bits per heavy atom. The highest BCUT2D eigenvalue weighted by Gasteiger charge is 2.16. The zero-order valence-corrected chi connectivity index (χ0v) is 15.1. The summed E-state index contributed by atoms with van der Waals surface area (Å²) in [4.78, 5) is 25.0. The van der Waals surface area contributed by atoms with E-state index in [1.54, 1.807) is 24.3 Å². The van der Waals surface area contributed by atoms with Crippen LogP contribution in [0.2, 0.25) is 5.02 Å². The molecule has 0 fully saturated rings. The van der Waals surface area contributed by atoms with Crippen LogP contribution in [0, 0.1) is 0 Å². The smallest absolute Gasteiger partial charge is 0.279 e. The molecule has 5 nitrogen and oxygen atoms in total. The van der Waals surface area contributed by atoms with Crippen molar-refractivity contribution in [2.45, 2.75) is 13.0 Å². The maximum Gasteiger partial charge on any atom is 0.279 e. The number of quaternary nitrogens is 1. The lowest BCUT2D eigenvalue weighted by atomic mass is 10.1. The van der Waals surface area contributed by atoms with Gasteiger partial charge >= 0.3 is 0 Å². The third kappa shape index (κ3) is 6.57. The Bertz CT molecular complexity index is 704. The normalized spacial score (nSPS) is 12.9. The lowest BCUT2D eigenvalue weighted by Gasteiger charge is -2.17. The van der Waals surface area contributed by atoms with Gasteiger partial charge in [0.05, 0.1) is 13.1 Å². The quantitative estimate of drug-likeness (QED) is 0.703. The summed E-state index contributed by atoms with van der Waals surface area (Å²) in [6, 6.07) is 16.6. The number of nitrogens with one attached hydrogen (secondary N) is 3. The highest BCUT2D eigenvalue weighted by Crippen LogP contribution is 2.13. The first kappa shape index (κ1) is 19.0. The van der Waals surface area contributed by atoms with Gasteiger partial charge in [-0.2, -0.15) is 0 Å². The van der Waals surface area contributed by atoms with Gasteiger partial charge in [-0.15, -0.1) is 0 Å². The summed E-state index contributed by atoms with van der Waals surface area (Å²) in [5, 5.41) is 6.36. The zero-order valence-electron chi connectivity index (χ0n) is 14.4. The molecule has 1 unspecified atom stereocenters. The monoisotopic (exact) mass is 360 g/mol. The number of anilines is 1. The van der Waals surface area contributed by atoms with Gasteiger partial charge in [-0.25, -0.2) is 0 Å². The summed E-state index contributed by atoms with van der Waals surface area (Å²) in [6.07, 6.45) is 0. The average molecular weight is 361 g/mol. The van der Waals surface area contributed by atoms with Crippen LogP contribution >= 0.6 is 11.6 Å². The molecule has 0 saturated heterocycles. The van der Waals surface area contributed by atoms with Crippen LogP contribution in [0.1, 0.15) is 18.5 Å². The molecule has 3 N–H and O–H groups in total. The molecule has 2 amide bonds. The topological polar surface area (TPSA) is 62.6 Å². The number of likely N-dealkylation sites (N-methyl/N-ethyl adjacent to an activating group) is 1. The van der Waals surface area contributed by atoms with Crippen molar-refractivity contribution in [2.75, 3.05) is 25.5 Å². The molecule has 0 aliphatic rings. The second-order valence-corrected chi connectivity index (χ2v) is 6.50. The number of halogens is 1. The van der Waals surface area contributed by atoms with E-state index in [0.717, 1.165) is 10.5 Å². The summed E-state index contributed by atoms with van der Waals surface area (Å²) in [5.74, 6) is -0.239. The molecular weight excluding hydrogens is 338 g/mol. The van der Waals surface area contributed by atoms with Crippen molar-refractivity contribution in [3.05, 3.63) is 65.2 Å². The Labute approximate surface area is 153 Å². The lowest BCUT2D eigenvalue weighted by Crippen LogP contribution is -3.11. The van der Waals surface area contributed by atoms with E-state index in [9.17, 15) is 9.59 Å². The molecule has 0 aromatic heterocycles. The van der Waals surface area contributed by atoms with E-state index >= 15 is 0 Å². The molecule has 2 aromatic carbocycles. The van der Waals surface area contributed by atoms with E-state index in [1.807, 2.05) is 44.3 Å². The standard InChI is InChI=1S/C19H22ClN3O2/c1-14(15-6-4-3-5-7-15)21-18(24)12-23(2)13-19(25)22-17-10-8-16(20)9-11-17/h3-11,14H,12-13H2,1-2H3,(H,21,24)(H,22,25)/p+1/t14-/m0/s1. The summed E-state index contributed by atoms with van der Waals surface area (Å²) in [5.41, 5.74) is 1.73. The predicted octanol–water partition coefficient (Wildman–Crippen LogP) is 1.67. The van der Waals surface area contributed by atoms with Gasteiger partial charge in [-0.3, -0.25) is 9.59 Å². The fraction of sp³-hybridized carbons (Fsp3) is 0.263. The highest BCUT2D eigenvalue weighted by molar-refractivity contribution is 6.30. The van der Waals surface area contributed by atoms with Crippen molar-refractivity contribution in [1.82, 2.24) is 5.32 Å². The molecule has 6 heteroatoms. The van der Waals surface area contributed by atoms with Crippen LogP contribution < -0.4 is 15.5 Å². The van der Waals surface area contributed by atoms with Gasteiger partial charge in [0.25, 0.3) is 11.8 Å². The van der Waals surface area contributed by atoms with Gasteiger partial charge < -0.3 is 15.5 Å². The van der Waals surface area contributed by atoms with Crippen molar-refractivity contribution in [1.29, 1.82) is 0 Å². The number of carbonyl (C=O) groups excluding carboxylic acids is 2. The Morgan fingerprint density at radius 2 is 1.60 bits per heavy atom. The Morgan fingerprint density at radius 1 is 1.00 bits per heavy atom. The number of hydrogen-bond donors (Lipinski definition) is 3. The van der Waals surface area contributed by atoms with Gasteiger partial charge in [-0.1, -0.05) is 41.9 Å². The van der Waals surface area contributed by atoms with Gasteiger partial charge in [0, 0.05) is 10.7 Å². The van der Waals surface area contributed by atoms with E-state index < -0.39 is 0 Å². The number of amides is 2. The number of carbonyl (C=O) groups is 2. The summed E-state index contributed by atoms with van der Waals surface area (Å²) in [7, 11) is 1.81. The van der Waals surface area contributed by atoms with E-state index in [0.29, 0.717) is 10.7 Å². The van der Waals surface area contributed by atoms with E-state index in [1.165, 1.54) is 0 Å². The fourth-order valence-electron chi connectivity index (χ4n) is 2.47. The first-order valence-electron chi connectivity index (χ1n) is 8.15. The molecule has 0 aliphatic carbocycles. The molecule has 0 spiro atoms. The molecule has 25 heavy (non-hydrogen) atoms. The highest BCUT2D eigenvalue weighted by atomic mass is 35.5. The minimum Gasteiger partial charge on any atom is -0.345 e. The third-order valence-electron chi connectivity index (χ3n) is 3.73. The average Bonchev–Trinajstić information content (AvgIpc) is 2.57. The van der Waals surface area contributed by atoms with E-state index in [-0.39, 0.29) is 30.9 Å². The second kappa shape index (κ2) is 9.20. The third-order valence-corrected chi connectivity index (χ3v) is 3.98. The predicted molar refractivity (Wildman–Crippen MR) is 99.7 cm³/mol. The molecule has 2 aromatic rings. The van der Waals surface area contributed by atoms with Crippen LogP contribution in [0.3, 0.4) is 0 Å². The Kier molecular flexibility index (Phi) is 6.98. The van der Waals surface area contributed by atoms with Crippen molar-refractivity contribution in [3.63, 3.8) is 0 Å². The summed E-state index contributed by atoms with van der Waals surface area (Å²) < 4.78 is 0. The van der Waals surface area contributed by atoms with Crippen molar-refractivity contribution in [2.24, 2.45) is 0 Å². The lowest BCUT2D eigenvalue weighted by molar-refractivity contribution is -0.862. The molecule has 2 atom stereocenters. The zero-order chi connectivity index (χ0) is 18.2. The first-order valence-corrected chi connectivity index (χ1v) is 8.53. The molecule has 0 heterocycles. The van der Waals surface area contributed by atoms with Crippen LogP contribution in [0.25, 0.3) is 0 Å². The molecule has 2 rings (SSSR count). The Hall–Kier alpha value is -2.37. The molecular formula is C19H23ClN3O2+. The van der Waals surface area contributed by atoms with Gasteiger partial charge in [-0.05, 0) is 36.8 Å². The second-order valence-electron chi connectivity index (χ2n) is 6.07. The van der Waals surface area contributed by atoms with Gasteiger partial charge in [0.1, 0.15) is 0 Å². The summed E-state index contributed by atoms with van der Waals surface area (Å²) >= 11 is 5.81. The van der Waals surface area contributed by atoms with Crippen molar-refractivity contribution >= 4 is 29.1 Å². The number of hydrogen-bond acceptors (Lipinski definition) is 2. The largest absolute Gasteiger partial charge is 0.345 e. The molecule has 0 bridgehead atoms. The van der Waals surface area contributed by atoms with Crippen LogP contribution in [0.15, 0.2) is 54.6 Å².